The summed E-state index contributed by atoms with van der Waals surface area (Å²) in [5, 5.41) is 3.41. The van der Waals surface area contributed by atoms with E-state index in [0.29, 0.717) is 11.8 Å². The van der Waals surface area contributed by atoms with Crippen LogP contribution in [0.4, 0.5) is 0 Å². The van der Waals surface area contributed by atoms with Crippen LogP contribution < -0.4 is 5.32 Å². The van der Waals surface area contributed by atoms with E-state index < -0.39 is 9.84 Å². The van der Waals surface area contributed by atoms with Gasteiger partial charge in [0, 0.05) is 18.1 Å². The lowest BCUT2D eigenvalue weighted by molar-refractivity contribution is 0.187. The molecule has 0 heterocycles. The Balaban J connectivity index is 2.36. The standard InChI is InChI=1S/C15H31NO2S/c1-12(2)13-7-9-14(10-8-13)15(16-3)6-5-11-19(4,17)18/h12-16H,5-11H2,1-4H3. The Hall–Kier alpha value is -0.0900. The second-order valence-corrected chi connectivity index (χ2v) is 8.85. The molecule has 4 heteroatoms. The highest BCUT2D eigenvalue weighted by atomic mass is 32.2. The lowest BCUT2D eigenvalue weighted by atomic mass is 9.74. The fraction of sp³-hybridized carbons (Fsp3) is 1.00. The second-order valence-electron chi connectivity index (χ2n) is 6.59. The summed E-state index contributed by atoms with van der Waals surface area (Å²) in [5.41, 5.74) is 0. The Labute approximate surface area is 119 Å². The van der Waals surface area contributed by atoms with Crippen molar-refractivity contribution in [3.63, 3.8) is 0 Å². The van der Waals surface area contributed by atoms with E-state index in [9.17, 15) is 8.42 Å². The quantitative estimate of drug-likeness (QED) is 0.784. The van der Waals surface area contributed by atoms with E-state index in [1.807, 2.05) is 7.05 Å². The van der Waals surface area contributed by atoms with Crippen molar-refractivity contribution in [1.82, 2.24) is 5.32 Å². The predicted octanol–water partition coefficient (Wildman–Crippen LogP) is 2.86. The van der Waals surface area contributed by atoms with E-state index in [0.717, 1.165) is 30.6 Å². The van der Waals surface area contributed by atoms with Crippen molar-refractivity contribution < 1.29 is 8.42 Å². The normalized spacial score (nSPS) is 26.6. The summed E-state index contributed by atoms with van der Waals surface area (Å²) in [6, 6.07) is 0.495. The second kappa shape index (κ2) is 7.63. The third-order valence-corrected chi connectivity index (χ3v) is 5.76. The Morgan fingerprint density at radius 3 is 2.05 bits per heavy atom. The molecule has 0 bridgehead atoms. The smallest absolute Gasteiger partial charge is 0.147 e. The molecule has 1 aliphatic carbocycles. The topological polar surface area (TPSA) is 46.2 Å². The van der Waals surface area contributed by atoms with Crippen molar-refractivity contribution in [3.8, 4) is 0 Å². The third-order valence-electron chi connectivity index (χ3n) is 4.73. The highest BCUT2D eigenvalue weighted by molar-refractivity contribution is 7.90. The highest BCUT2D eigenvalue weighted by Gasteiger charge is 2.27. The van der Waals surface area contributed by atoms with Gasteiger partial charge in [-0.05, 0) is 63.3 Å². The monoisotopic (exact) mass is 289 g/mol. The SMILES string of the molecule is CNC(CCCS(C)(=O)=O)C1CCC(C(C)C)CC1. The first-order chi connectivity index (χ1) is 8.83. The van der Waals surface area contributed by atoms with Crippen LogP contribution in [0.5, 0.6) is 0 Å². The molecule has 19 heavy (non-hydrogen) atoms. The molecule has 0 spiro atoms. The minimum atomic E-state index is -2.81. The van der Waals surface area contributed by atoms with Crippen molar-refractivity contribution in [3.05, 3.63) is 0 Å². The van der Waals surface area contributed by atoms with Crippen LogP contribution in [-0.2, 0) is 9.84 Å². The van der Waals surface area contributed by atoms with Crippen LogP contribution in [0.1, 0.15) is 52.4 Å². The maximum absolute atomic E-state index is 11.2. The number of hydrogen-bond acceptors (Lipinski definition) is 3. The molecular formula is C15H31NO2S. The van der Waals surface area contributed by atoms with Gasteiger partial charge in [-0.25, -0.2) is 8.42 Å². The fourth-order valence-corrected chi connectivity index (χ4v) is 4.09. The molecule has 0 aromatic rings. The molecular weight excluding hydrogens is 258 g/mol. The molecule has 1 aliphatic rings. The Morgan fingerprint density at radius 2 is 1.63 bits per heavy atom. The third kappa shape index (κ3) is 6.26. The predicted molar refractivity (Wildman–Crippen MR) is 82.1 cm³/mol. The lowest BCUT2D eigenvalue weighted by Crippen LogP contribution is -2.36. The van der Waals surface area contributed by atoms with E-state index in [1.54, 1.807) is 0 Å². The molecule has 0 aliphatic heterocycles. The summed E-state index contributed by atoms with van der Waals surface area (Å²) < 4.78 is 22.3. The Bertz CT molecular complexity index is 343. The van der Waals surface area contributed by atoms with E-state index in [4.69, 9.17) is 0 Å². The zero-order valence-electron chi connectivity index (χ0n) is 13.0. The molecule has 1 N–H and O–H groups in total. The highest BCUT2D eigenvalue weighted by Crippen LogP contribution is 2.35. The van der Waals surface area contributed by atoms with Crippen molar-refractivity contribution in [2.24, 2.45) is 17.8 Å². The minimum Gasteiger partial charge on any atom is -0.317 e. The van der Waals surface area contributed by atoms with Gasteiger partial charge in [0.15, 0.2) is 0 Å². The summed E-state index contributed by atoms with van der Waals surface area (Å²) in [7, 11) is -0.793. The van der Waals surface area contributed by atoms with Gasteiger partial charge in [-0.2, -0.15) is 0 Å². The molecule has 0 radical (unpaired) electrons. The van der Waals surface area contributed by atoms with Crippen molar-refractivity contribution >= 4 is 9.84 Å². The van der Waals surface area contributed by atoms with Crippen LogP contribution in [0.2, 0.25) is 0 Å². The minimum absolute atomic E-state index is 0.326. The Kier molecular flexibility index (Phi) is 6.81. The zero-order chi connectivity index (χ0) is 14.5. The molecule has 1 rings (SSSR count). The first-order valence-electron chi connectivity index (χ1n) is 7.68. The molecule has 0 aromatic heterocycles. The Morgan fingerprint density at radius 1 is 1.11 bits per heavy atom. The molecule has 3 nitrogen and oxygen atoms in total. The van der Waals surface area contributed by atoms with Gasteiger partial charge in [-0.15, -0.1) is 0 Å². The van der Waals surface area contributed by atoms with Crippen LogP contribution in [-0.4, -0.2) is 33.5 Å². The van der Waals surface area contributed by atoms with E-state index in [-0.39, 0.29) is 0 Å². The molecule has 0 aromatic carbocycles. The molecule has 1 fully saturated rings. The van der Waals surface area contributed by atoms with Crippen LogP contribution in [0, 0.1) is 17.8 Å². The van der Waals surface area contributed by atoms with E-state index >= 15 is 0 Å². The van der Waals surface area contributed by atoms with Gasteiger partial charge in [0.1, 0.15) is 9.84 Å². The van der Waals surface area contributed by atoms with Crippen molar-refractivity contribution in [1.29, 1.82) is 0 Å². The summed E-state index contributed by atoms with van der Waals surface area (Å²) in [6.07, 6.45) is 8.38. The molecule has 1 atom stereocenters. The van der Waals surface area contributed by atoms with Crippen LogP contribution in [0.3, 0.4) is 0 Å². The summed E-state index contributed by atoms with van der Waals surface area (Å²) >= 11 is 0. The van der Waals surface area contributed by atoms with E-state index in [2.05, 4.69) is 19.2 Å². The average molecular weight is 289 g/mol. The lowest BCUT2D eigenvalue weighted by Gasteiger charge is -2.35. The van der Waals surface area contributed by atoms with Gasteiger partial charge in [-0.3, -0.25) is 0 Å². The van der Waals surface area contributed by atoms with Gasteiger partial charge in [0.05, 0.1) is 0 Å². The van der Waals surface area contributed by atoms with Crippen molar-refractivity contribution in [2.75, 3.05) is 19.1 Å². The number of sulfone groups is 1. The summed E-state index contributed by atoms with van der Waals surface area (Å²) in [6.45, 7) is 4.65. The van der Waals surface area contributed by atoms with Crippen molar-refractivity contribution in [2.45, 2.75) is 58.4 Å². The molecule has 0 amide bonds. The molecule has 1 unspecified atom stereocenters. The van der Waals surface area contributed by atoms with Gasteiger partial charge in [0.25, 0.3) is 0 Å². The fourth-order valence-electron chi connectivity index (χ4n) is 3.40. The number of hydrogen-bond donors (Lipinski definition) is 1. The molecule has 114 valence electrons. The maximum atomic E-state index is 11.2. The van der Waals surface area contributed by atoms with Crippen LogP contribution >= 0.6 is 0 Å². The average Bonchev–Trinajstić information content (AvgIpc) is 2.33. The van der Waals surface area contributed by atoms with Gasteiger partial charge >= 0.3 is 0 Å². The first-order valence-corrected chi connectivity index (χ1v) is 9.74. The van der Waals surface area contributed by atoms with Gasteiger partial charge in [0.2, 0.25) is 0 Å². The maximum Gasteiger partial charge on any atom is 0.147 e. The molecule has 1 saturated carbocycles. The first kappa shape index (κ1) is 17.0. The van der Waals surface area contributed by atoms with Gasteiger partial charge in [-0.1, -0.05) is 13.8 Å². The number of nitrogens with one attached hydrogen (secondary N) is 1. The largest absolute Gasteiger partial charge is 0.317 e. The van der Waals surface area contributed by atoms with Crippen LogP contribution in [0.25, 0.3) is 0 Å². The zero-order valence-corrected chi connectivity index (χ0v) is 13.8. The summed E-state index contributed by atoms with van der Waals surface area (Å²) in [5.74, 6) is 2.76. The van der Waals surface area contributed by atoms with Gasteiger partial charge < -0.3 is 5.32 Å². The summed E-state index contributed by atoms with van der Waals surface area (Å²) in [4.78, 5) is 0. The van der Waals surface area contributed by atoms with Crippen LogP contribution in [0.15, 0.2) is 0 Å². The molecule has 0 saturated heterocycles. The number of rotatable bonds is 7. The van der Waals surface area contributed by atoms with E-state index in [1.165, 1.54) is 31.9 Å².